The molecule has 0 radical (unpaired) electrons. The van der Waals surface area contributed by atoms with Crippen LogP contribution in [0.25, 0.3) is 0 Å². The van der Waals surface area contributed by atoms with Crippen LogP contribution >= 0.6 is 0 Å². The summed E-state index contributed by atoms with van der Waals surface area (Å²) in [5, 5.41) is 12.4. The number of rotatable bonds is 7. The van der Waals surface area contributed by atoms with Crippen molar-refractivity contribution in [3.05, 3.63) is 82.9 Å². The summed E-state index contributed by atoms with van der Waals surface area (Å²) in [6, 6.07) is 17.8. The number of nitrogens with zero attached hydrogens (tertiary/aromatic N) is 1. The molecule has 1 unspecified atom stereocenters. The lowest BCUT2D eigenvalue weighted by Crippen LogP contribution is -2.25. The van der Waals surface area contributed by atoms with Crippen molar-refractivity contribution in [2.75, 3.05) is 18.5 Å². The fourth-order valence-electron chi connectivity index (χ4n) is 3.34. The molecule has 2 aromatic carbocycles. The molecule has 0 saturated heterocycles. The van der Waals surface area contributed by atoms with Crippen LogP contribution in [0, 0.1) is 11.3 Å². The highest BCUT2D eigenvalue weighted by molar-refractivity contribution is 5.93. The summed E-state index contributed by atoms with van der Waals surface area (Å²) in [6.07, 6.45) is 0. The summed E-state index contributed by atoms with van der Waals surface area (Å²) in [6.45, 7) is 3.24. The monoisotopic (exact) mass is 433 g/mol. The summed E-state index contributed by atoms with van der Waals surface area (Å²) in [5.74, 6) is -1.11. The van der Waals surface area contributed by atoms with Crippen molar-refractivity contribution in [3.63, 3.8) is 0 Å². The van der Waals surface area contributed by atoms with Crippen molar-refractivity contribution in [3.8, 4) is 11.8 Å². The number of hydrogen-bond donors (Lipinski definition) is 2. The number of nitrogens with one attached hydrogen (secondary N) is 1. The normalized spacial score (nSPS) is 15.5. The Morgan fingerprint density at radius 3 is 2.62 bits per heavy atom. The SMILES string of the molecule is CCOC(=O)C1=C(C)OC(N)=C(C#N)C1c1cccc(OCC(=O)Nc2ccccc2)c1. The van der Waals surface area contributed by atoms with E-state index in [4.69, 9.17) is 19.9 Å². The Balaban J connectivity index is 1.83. The first-order valence-corrected chi connectivity index (χ1v) is 9.97. The standard InChI is InChI=1S/C24H23N3O5/c1-3-30-24(29)21-15(2)32-23(26)19(13-25)22(21)16-8-7-11-18(12-16)31-14-20(28)27-17-9-5-4-6-10-17/h4-12,22H,3,14,26H2,1-2H3,(H,27,28). The Morgan fingerprint density at radius 2 is 1.94 bits per heavy atom. The van der Waals surface area contributed by atoms with E-state index in [-0.39, 0.29) is 41.9 Å². The molecule has 3 N–H and O–H groups in total. The van der Waals surface area contributed by atoms with Gasteiger partial charge in [0.25, 0.3) is 5.91 Å². The van der Waals surface area contributed by atoms with Crippen LogP contribution in [0.3, 0.4) is 0 Å². The number of carbonyl (C=O) groups is 2. The Kier molecular flexibility index (Phi) is 7.13. The van der Waals surface area contributed by atoms with E-state index in [2.05, 4.69) is 5.32 Å². The van der Waals surface area contributed by atoms with E-state index in [1.54, 1.807) is 50.2 Å². The summed E-state index contributed by atoms with van der Waals surface area (Å²) in [5.41, 5.74) is 7.45. The maximum Gasteiger partial charge on any atom is 0.338 e. The van der Waals surface area contributed by atoms with Crippen LogP contribution in [0.15, 0.2) is 77.4 Å². The Labute approximate surface area is 185 Å². The quantitative estimate of drug-likeness (QED) is 0.642. The molecule has 1 heterocycles. The number of benzene rings is 2. The molecule has 8 heteroatoms. The minimum absolute atomic E-state index is 0.0726. The molecule has 1 atom stereocenters. The molecule has 164 valence electrons. The second-order valence-corrected chi connectivity index (χ2v) is 6.89. The van der Waals surface area contributed by atoms with E-state index in [0.717, 1.165) is 0 Å². The van der Waals surface area contributed by atoms with Crippen molar-refractivity contribution < 1.29 is 23.8 Å². The lowest BCUT2D eigenvalue weighted by Gasteiger charge is -2.27. The van der Waals surface area contributed by atoms with Crippen LogP contribution in [0.4, 0.5) is 5.69 Å². The number of anilines is 1. The topological polar surface area (TPSA) is 124 Å². The molecule has 0 spiro atoms. The Hall–Kier alpha value is -4.25. The second kappa shape index (κ2) is 10.2. The fraction of sp³-hybridized carbons (Fsp3) is 0.208. The summed E-state index contributed by atoms with van der Waals surface area (Å²) in [7, 11) is 0. The van der Waals surface area contributed by atoms with Gasteiger partial charge in [0.1, 0.15) is 23.2 Å². The zero-order chi connectivity index (χ0) is 23.1. The highest BCUT2D eigenvalue weighted by Gasteiger charge is 2.36. The predicted octanol–water partition coefficient (Wildman–Crippen LogP) is 3.35. The predicted molar refractivity (Wildman–Crippen MR) is 117 cm³/mol. The molecule has 3 rings (SSSR count). The molecule has 2 aromatic rings. The van der Waals surface area contributed by atoms with E-state index in [1.165, 1.54) is 0 Å². The van der Waals surface area contributed by atoms with Gasteiger partial charge >= 0.3 is 5.97 Å². The minimum Gasteiger partial charge on any atom is -0.484 e. The number of amides is 1. The summed E-state index contributed by atoms with van der Waals surface area (Å²) < 4.78 is 16.2. The molecule has 0 fully saturated rings. The first kappa shape index (κ1) is 22.4. The Morgan fingerprint density at radius 1 is 1.19 bits per heavy atom. The first-order valence-electron chi connectivity index (χ1n) is 9.97. The van der Waals surface area contributed by atoms with Gasteiger partial charge < -0.3 is 25.3 Å². The largest absolute Gasteiger partial charge is 0.484 e. The maximum atomic E-state index is 12.6. The van der Waals surface area contributed by atoms with E-state index in [1.807, 2.05) is 24.3 Å². The zero-order valence-electron chi connectivity index (χ0n) is 17.8. The molecule has 8 nitrogen and oxygen atoms in total. The van der Waals surface area contributed by atoms with Crippen molar-refractivity contribution in [2.45, 2.75) is 19.8 Å². The van der Waals surface area contributed by atoms with Crippen LogP contribution in [0.1, 0.15) is 25.3 Å². The lowest BCUT2D eigenvalue weighted by molar-refractivity contribution is -0.139. The smallest absolute Gasteiger partial charge is 0.338 e. The number of allylic oxidation sites excluding steroid dienone is 2. The van der Waals surface area contributed by atoms with Crippen molar-refractivity contribution >= 4 is 17.6 Å². The van der Waals surface area contributed by atoms with E-state index >= 15 is 0 Å². The summed E-state index contributed by atoms with van der Waals surface area (Å²) >= 11 is 0. The van der Waals surface area contributed by atoms with Gasteiger partial charge in [-0.15, -0.1) is 0 Å². The number of ether oxygens (including phenoxy) is 3. The van der Waals surface area contributed by atoms with E-state index in [0.29, 0.717) is 17.0 Å². The molecule has 0 aliphatic carbocycles. The lowest BCUT2D eigenvalue weighted by atomic mass is 9.83. The molecular weight excluding hydrogens is 410 g/mol. The number of para-hydroxylation sites is 1. The van der Waals surface area contributed by atoms with Gasteiger partial charge in [-0.3, -0.25) is 4.79 Å². The highest BCUT2D eigenvalue weighted by atomic mass is 16.5. The van der Waals surface area contributed by atoms with Gasteiger partial charge in [-0.1, -0.05) is 30.3 Å². The van der Waals surface area contributed by atoms with Gasteiger partial charge in [0.15, 0.2) is 6.61 Å². The molecule has 0 saturated carbocycles. The highest BCUT2D eigenvalue weighted by Crippen LogP contribution is 2.40. The van der Waals surface area contributed by atoms with Crippen LogP contribution < -0.4 is 15.8 Å². The van der Waals surface area contributed by atoms with Gasteiger partial charge in [0.05, 0.1) is 18.1 Å². The molecule has 1 amide bonds. The average molecular weight is 433 g/mol. The fourth-order valence-corrected chi connectivity index (χ4v) is 3.34. The third-order valence-electron chi connectivity index (χ3n) is 4.72. The number of nitrogens with two attached hydrogens (primary N) is 1. The molecule has 1 aliphatic heterocycles. The minimum atomic E-state index is -0.783. The van der Waals surface area contributed by atoms with Gasteiger partial charge in [-0.2, -0.15) is 5.26 Å². The number of esters is 1. The van der Waals surface area contributed by atoms with Gasteiger partial charge in [0.2, 0.25) is 5.88 Å². The van der Waals surface area contributed by atoms with E-state index in [9.17, 15) is 14.9 Å². The maximum absolute atomic E-state index is 12.6. The molecular formula is C24H23N3O5. The van der Waals surface area contributed by atoms with Crippen molar-refractivity contribution in [1.82, 2.24) is 0 Å². The van der Waals surface area contributed by atoms with Gasteiger partial charge in [-0.25, -0.2) is 4.79 Å². The third-order valence-corrected chi connectivity index (χ3v) is 4.72. The zero-order valence-corrected chi connectivity index (χ0v) is 17.8. The van der Waals surface area contributed by atoms with E-state index < -0.39 is 11.9 Å². The molecule has 0 bridgehead atoms. The first-order chi connectivity index (χ1) is 15.4. The third kappa shape index (κ3) is 5.08. The second-order valence-electron chi connectivity index (χ2n) is 6.89. The van der Waals surface area contributed by atoms with Crippen LogP contribution in [-0.2, 0) is 19.1 Å². The van der Waals surface area contributed by atoms with Crippen molar-refractivity contribution in [2.24, 2.45) is 5.73 Å². The average Bonchev–Trinajstić information content (AvgIpc) is 2.78. The number of nitriles is 1. The Bertz CT molecular complexity index is 1120. The van der Waals surface area contributed by atoms with Crippen molar-refractivity contribution in [1.29, 1.82) is 5.26 Å². The van der Waals surface area contributed by atoms with Crippen LogP contribution in [-0.4, -0.2) is 25.1 Å². The number of carbonyl (C=O) groups excluding carboxylic acids is 2. The molecule has 1 aliphatic rings. The molecule has 32 heavy (non-hydrogen) atoms. The summed E-state index contributed by atoms with van der Waals surface area (Å²) in [4.78, 5) is 24.8. The number of hydrogen-bond acceptors (Lipinski definition) is 7. The van der Waals surface area contributed by atoms with Gasteiger partial charge in [0, 0.05) is 5.69 Å². The van der Waals surface area contributed by atoms with Gasteiger partial charge in [-0.05, 0) is 43.7 Å². The van der Waals surface area contributed by atoms with Crippen LogP contribution in [0.5, 0.6) is 5.75 Å². The molecule has 0 aromatic heterocycles. The van der Waals surface area contributed by atoms with Crippen LogP contribution in [0.2, 0.25) is 0 Å².